The number of aromatic nitrogens is 2. The van der Waals surface area contributed by atoms with Crippen molar-refractivity contribution in [1.82, 2.24) is 15.3 Å². The molecule has 0 spiro atoms. The predicted molar refractivity (Wildman–Crippen MR) is 93.4 cm³/mol. The lowest BCUT2D eigenvalue weighted by molar-refractivity contribution is 0.181. The number of pyridine rings is 1. The predicted octanol–water partition coefficient (Wildman–Crippen LogP) is 4.37. The SMILES string of the molecule is COCc1nc(-c2ncc(Br)cc2Br)sc1CNC(C)C. The number of hydrogen-bond acceptors (Lipinski definition) is 5. The van der Waals surface area contributed by atoms with Crippen LogP contribution in [0.3, 0.4) is 0 Å². The second-order valence-electron chi connectivity index (χ2n) is 4.84. The molecule has 0 aliphatic carbocycles. The molecule has 0 aliphatic heterocycles. The Hall–Kier alpha value is -0.340. The van der Waals surface area contributed by atoms with Gasteiger partial charge in [0.25, 0.3) is 0 Å². The Kier molecular flexibility index (Phi) is 6.31. The molecule has 2 aromatic heterocycles. The van der Waals surface area contributed by atoms with Gasteiger partial charge in [0.15, 0.2) is 0 Å². The van der Waals surface area contributed by atoms with Crippen molar-refractivity contribution in [3.63, 3.8) is 0 Å². The molecule has 4 nitrogen and oxygen atoms in total. The average Bonchev–Trinajstić information content (AvgIpc) is 2.80. The smallest absolute Gasteiger partial charge is 0.143 e. The molecule has 7 heteroatoms. The summed E-state index contributed by atoms with van der Waals surface area (Å²) in [6.07, 6.45) is 1.78. The minimum absolute atomic E-state index is 0.434. The number of rotatable bonds is 6. The van der Waals surface area contributed by atoms with Crippen LogP contribution in [0.2, 0.25) is 0 Å². The number of thiazole rings is 1. The fourth-order valence-electron chi connectivity index (χ4n) is 1.74. The Morgan fingerprint density at radius 1 is 1.38 bits per heavy atom. The molecule has 21 heavy (non-hydrogen) atoms. The second-order valence-corrected chi connectivity index (χ2v) is 7.70. The molecule has 0 unspecified atom stereocenters. The van der Waals surface area contributed by atoms with E-state index >= 15 is 0 Å². The molecule has 2 aromatic rings. The Labute approximate surface area is 145 Å². The summed E-state index contributed by atoms with van der Waals surface area (Å²) in [7, 11) is 1.69. The van der Waals surface area contributed by atoms with Gasteiger partial charge >= 0.3 is 0 Å². The van der Waals surface area contributed by atoms with Crippen molar-refractivity contribution in [3.8, 4) is 10.7 Å². The van der Waals surface area contributed by atoms with Gasteiger partial charge < -0.3 is 10.1 Å². The van der Waals surface area contributed by atoms with Gasteiger partial charge in [-0.15, -0.1) is 11.3 Å². The van der Waals surface area contributed by atoms with Gasteiger partial charge in [0.1, 0.15) is 10.7 Å². The molecule has 0 aromatic carbocycles. The zero-order valence-electron chi connectivity index (χ0n) is 12.1. The average molecular weight is 435 g/mol. The maximum atomic E-state index is 5.25. The van der Waals surface area contributed by atoms with Crippen molar-refractivity contribution < 1.29 is 4.74 Å². The molecule has 1 N–H and O–H groups in total. The molecule has 0 fully saturated rings. The number of halogens is 2. The van der Waals surface area contributed by atoms with E-state index in [0.717, 1.165) is 31.9 Å². The molecule has 0 bridgehead atoms. The number of methoxy groups -OCH3 is 1. The Balaban J connectivity index is 2.33. The monoisotopic (exact) mass is 433 g/mol. The number of nitrogens with zero attached hydrogens (tertiary/aromatic N) is 2. The Morgan fingerprint density at radius 2 is 2.14 bits per heavy atom. The first-order chi connectivity index (χ1) is 10.0. The normalized spacial score (nSPS) is 11.3. The topological polar surface area (TPSA) is 47.0 Å². The minimum Gasteiger partial charge on any atom is -0.378 e. The quantitative estimate of drug-likeness (QED) is 0.732. The molecule has 0 saturated heterocycles. The van der Waals surface area contributed by atoms with Crippen LogP contribution in [-0.2, 0) is 17.9 Å². The standard InChI is InChI=1S/C14H17Br2N3OS/c1-8(2)17-6-12-11(7-20-3)19-14(21-12)13-10(16)4-9(15)5-18-13/h4-5,8,17H,6-7H2,1-3H3. The lowest BCUT2D eigenvalue weighted by Gasteiger charge is -2.07. The van der Waals surface area contributed by atoms with Crippen LogP contribution in [0.1, 0.15) is 24.4 Å². The van der Waals surface area contributed by atoms with Gasteiger partial charge in [-0.2, -0.15) is 0 Å². The molecule has 0 radical (unpaired) electrons. The van der Waals surface area contributed by atoms with Crippen molar-refractivity contribution in [2.24, 2.45) is 0 Å². The molecule has 2 rings (SSSR count). The number of hydrogen-bond donors (Lipinski definition) is 1. The highest BCUT2D eigenvalue weighted by molar-refractivity contribution is 9.11. The largest absolute Gasteiger partial charge is 0.378 e. The minimum atomic E-state index is 0.434. The van der Waals surface area contributed by atoms with E-state index in [1.54, 1.807) is 24.6 Å². The lowest BCUT2D eigenvalue weighted by Crippen LogP contribution is -2.21. The van der Waals surface area contributed by atoms with Gasteiger partial charge in [0.05, 0.1) is 12.3 Å². The van der Waals surface area contributed by atoms with Crippen LogP contribution in [0.25, 0.3) is 10.7 Å². The van der Waals surface area contributed by atoms with E-state index in [1.165, 1.54) is 4.88 Å². The zero-order chi connectivity index (χ0) is 15.4. The van der Waals surface area contributed by atoms with Crippen molar-refractivity contribution >= 4 is 43.2 Å². The zero-order valence-corrected chi connectivity index (χ0v) is 16.1. The van der Waals surface area contributed by atoms with Gasteiger partial charge in [-0.05, 0) is 37.9 Å². The summed E-state index contributed by atoms with van der Waals surface area (Å²) in [5.74, 6) is 0. The van der Waals surface area contributed by atoms with Crippen LogP contribution < -0.4 is 5.32 Å². The molecular weight excluding hydrogens is 418 g/mol. The summed E-state index contributed by atoms with van der Waals surface area (Å²) in [4.78, 5) is 10.3. The van der Waals surface area contributed by atoms with Crippen LogP contribution in [0.15, 0.2) is 21.2 Å². The van der Waals surface area contributed by atoms with Gasteiger partial charge in [-0.1, -0.05) is 13.8 Å². The summed E-state index contributed by atoms with van der Waals surface area (Å²) in [5.41, 5.74) is 1.83. The molecule has 0 amide bonds. The highest BCUT2D eigenvalue weighted by Crippen LogP contribution is 2.33. The third-order valence-corrected chi connectivity index (χ3v) is 4.88. The highest BCUT2D eigenvalue weighted by atomic mass is 79.9. The fraction of sp³-hybridized carbons (Fsp3) is 0.429. The maximum Gasteiger partial charge on any atom is 0.143 e. The molecular formula is C14H17Br2N3OS. The molecule has 114 valence electrons. The van der Waals surface area contributed by atoms with Gasteiger partial charge in [-0.25, -0.2) is 4.98 Å². The van der Waals surface area contributed by atoms with Crippen LogP contribution in [0, 0.1) is 0 Å². The van der Waals surface area contributed by atoms with Crippen molar-refractivity contribution in [2.75, 3.05) is 7.11 Å². The van der Waals surface area contributed by atoms with Crippen molar-refractivity contribution in [3.05, 3.63) is 31.8 Å². The van der Waals surface area contributed by atoms with Crippen LogP contribution in [0.4, 0.5) is 0 Å². The number of nitrogens with one attached hydrogen (secondary N) is 1. The summed E-state index contributed by atoms with van der Waals surface area (Å²) in [6.45, 7) is 5.57. The van der Waals surface area contributed by atoms with Crippen molar-refractivity contribution in [1.29, 1.82) is 0 Å². The summed E-state index contributed by atoms with van der Waals surface area (Å²) >= 11 is 8.61. The summed E-state index contributed by atoms with van der Waals surface area (Å²) < 4.78 is 7.12. The van der Waals surface area contributed by atoms with Crippen molar-refractivity contribution in [2.45, 2.75) is 33.0 Å². The molecule has 2 heterocycles. The molecule has 0 atom stereocenters. The summed E-state index contributed by atoms with van der Waals surface area (Å²) in [5, 5.41) is 4.33. The third kappa shape index (κ3) is 4.56. The third-order valence-electron chi connectivity index (χ3n) is 2.74. The molecule has 0 saturated carbocycles. The van der Waals surface area contributed by atoms with Gasteiger partial charge in [0, 0.05) is 39.7 Å². The van der Waals surface area contributed by atoms with E-state index < -0.39 is 0 Å². The number of ether oxygens (including phenoxy) is 1. The van der Waals surface area contributed by atoms with Crippen LogP contribution >= 0.6 is 43.2 Å². The van der Waals surface area contributed by atoms with Crippen LogP contribution in [0.5, 0.6) is 0 Å². The lowest BCUT2D eigenvalue weighted by atomic mass is 10.3. The van der Waals surface area contributed by atoms with E-state index in [9.17, 15) is 0 Å². The maximum absolute atomic E-state index is 5.25. The van der Waals surface area contributed by atoms with Gasteiger partial charge in [-0.3, -0.25) is 4.98 Å². The second kappa shape index (κ2) is 7.78. The fourth-order valence-corrected chi connectivity index (χ4v) is 4.07. The van der Waals surface area contributed by atoms with E-state index in [0.29, 0.717) is 12.6 Å². The van der Waals surface area contributed by atoms with Gasteiger partial charge in [0.2, 0.25) is 0 Å². The molecule has 0 aliphatic rings. The first-order valence-corrected chi connectivity index (χ1v) is 8.93. The van der Waals surface area contributed by atoms with E-state index in [-0.39, 0.29) is 0 Å². The first kappa shape index (κ1) is 17.0. The van der Waals surface area contributed by atoms with E-state index in [1.807, 2.05) is 6.07 Å². The summed E-state index contributed by atoms with van der Waals surface area (Å²) in [6, 6.07) is 2.41. The van der Waals surface area contributed by atoms with Crippen LogP contribution in [-0.4, -0.2) is 23.1 Å². The first-order valence-electron chi connectivity index (χ1n) is 6.53. The van der Waals surface area contributed by atoms with E-state index in [4.69, 9.17) is 4.74 Å². The van der Waals surface area contributed by atoms with E-state index in [2.05, 4.69) is 61.0 Å². The Bertz CT molecular complexity index is 616. The Morgan fingerprint density at radius 3 is 2.76 bits per heavy atom. The highest BCUT2D eigenvalue weighted by Gasteiger charge is 2.15.